The fraction of sp³-hybridized carbons (Fsp3) is 0.167. The van der Waals surface area contributed by atoms with Crippen molar-refractivity contribution in [1.29, 1.82) is 0 Å². The monoisotopic (exact) mass is 257 g/mol. The van der Waals surface area contributed by atoms with Crippen molar-refractivity contribution in [1.82, 2.24) is 24.6 Å². The predicted molar refractivity (Wildman–Crippen MR) is 66.5 cm³/mol. The topological polar surface area (TPSA) is 96.2 Å². The summed E-state index contributed by atoms with van der Waals surface area (Å²) in [6.45, 7) is 0. The van der Waals surface area contributed by atoms with Gasteiger partial charge in [0.25, 0.3) is 5.78 Å². The van der Waals surface area contributed by atoms with Crippen LogP contribution in [0.2, 0.25) is 0 Å². The smallest absolute Gasteiger partial charge is 0.303 e. The van der Waals surface area contributed by atoms with Gasteiger partial charge in [-0.2, -0.15) is 4.98 Å². The van der Waals surface area contributed by atoms with Gasteiger partial charge in [-0.15, -0.1) is 0 Å². The zero-order chi connectivity index (χ0) is 13.2. The van der Waals surface area contributed by atoms with E-state index in [2.05, 4.69) is 20.1 Å². The van der Waals surface area contributed by atoms with E-state index in [1.165, 1.54) is 0 Å². The standard InChI is InChI=1S/C12H11N5O2/c18-10(19)4-3-9-7-17-12(14-9)15-11(16-17)8-2-1-5-13-6-8/h1-2,5-7H,3-4H2,(H,18,19)(H,14,15,16). The normalized spacial score (nSPS) is 10.9. The minimum atomic E-state index is -0.833. The number of pyridine rings is 1. The summed E-state index contributed by atoms with van der Waals surface area (Å²) in [5.41, 5.74) is 1.58. The summed E-state index contributed by atoms with van der Waals surface area (Å²) in [6.07, 6.45) is 5.63. The maximum absolute atomic E-state index is 10.5. The molecule has 0 saturated carbocycles. The zero-order valence-electron chi connectivity index (χ0n) is 9.95. The molecule has 3 aromatic heterocycles. The van der Waals surface area contributed by atoms with Gasteiger partial charge in [0.05, 0.1) is 18.3 Å². The number of aromatic nitrogens is 5. The molecule has 0 aliphatic rings. The number of carboxylic acid groups (broad SMARTS) is 1. The largest absolute Gasteiger partial charge is 0.481 e. The van der Waals surface area contributed by atoms with Gasteiger partial charge in [-0.05, 0) is 12.1 Å². The van der Waals surface area contributed by atoms with Crippen LogP contribution < -0.4 is 0 Å². The molecule has 0 aliphatic heterocycles. The van der Waals surface area contributed by atoms with Crippen LogP contribution in [0.5, 0.6) is 0 Å². The third-order valence-corrected chi connectivity index (χ3v) is 2.71. The van der Waals surface area contributed by atoms with Gasteiger partial charge in [-0.25, -0.2) is 9.50 Å². The molecule has 0 aliphatic carbocycles. The Labute approximate surface area is 107 Å². The molecule has 96 valence electrons. The number of hydrogen-bond donors (Lipinski definition) is 2. The van der Waals surface area contributed by atoms with E-state index in [1.807, 2.05) is 12.1 Å². The summed E-state index contributed by atoms with van der Waals surface area (Å²) in [4.78, 5) is 23.1. The number of nitrogens with one attached hydrogen (secondary N) is 1. The third kappa shape index (κ3) is 2.30. The van der Waals surface area contributed by atoms with E-state index in [1.54, 1.807) is 23.1 Å². The summed E-state index contributed by atoms with van der Waals surface area (Å²) < 4.78 is 1.68. The van der Waals surface area contributed by atoms with Gasteiger partial charge in [-0.3, -0.25) is 14.9 Å². The summed E-state index contributed by atoms with van der Waals surface area (Å²) in [5, 5.41) is 11.7. The minimum absolute atomic E-state index is 0.0651. The summed E-state index contributed by atoms with van der Waals surface area (Å²) in [5.74, 6) is 0.375. The number of rotatable bonds is 4. The molecule has 7 nitrogen and oxygen atoms in total. The molecule has 0 spiro atoms. The Morgan fingerprint density at radius 2 is 2.32 bits per heavy atom. The number of carbonyl (C=O) groups is 1. The van der Waals surface area contributed by atoms with E-state index in [4.69, 9.17) is 5.11 Å². The molecule has 0 unspecified atom stereocenters. The minimum Gasteiger partial charge on any atom is -0.481 e. The Morgan fingerprint density at radius 3 is 3.00 bits per heavy atom. The highest BCUT2D eigenvalue weighted by Crippen LogP contribution is 2.14. The molecule has 7 heteroatoms. The van der Waals surface area contributed by atoms with E-state index in [9.17, 15) is 4.79 Å². The second-order valence-electron chi connectivity index (χ2n) is 4.11. The molecule has 19 heavy (non-hydrogen) atoms. The van der Waals surface area contributed by atoms with E-state index in [0.29, 0.717) is 23.7 Å². The fourth-order valence-electron chi connectivity index (χ4n) is 1.81. The van der Waals surface area contributed by atoms with Crippen LogP contribution in [0.25, 0.3) is 17.2 Å². The molecule has 0 amide bonds. The molecule has 2 N–H and O–H groups in total. The molecule has 3 rings (SSSR count). The number of fused-ring (bicyclic) bond motifs is 1. The van der Waals surface area contributed by atoms with E-state index in [0.717, 1.165) is 5.56 Å². The second-order valence-corrected chi connectivity index (χ2v) is 4.11. The molecule has 0 radical (unpaired) electrons. The number of aliphatic carboxylic acids is 1. The van der Waals surface area contributed by atoms with Gasteiger partial charge < -0.3 is 5.11 Å². The average molecular weight is 257 g/mol. The highest BCUT2D eigenvalue weighted by molar-refractivity contribution is 5.67. The van der Waals surface area contributed by atoms with Crippen molar-refractivity contribution in [3.05, 3.63) is 36.4 Å². The maximum Gasteiger partial charge on any atom is 0.303 e. The van der Waals surface area contributed by atoms with Crippen LogP contribution in [0.4, 0.5) is 0 Å². The van der Waals surface area contributed by atoms with Gasteiger partial charge in [0.2, 0.25) is 0 Å². The van der Waals surface area contributed by atoms with Crippen LogP contribution in [-0.2, 0) is 11.2 Å². The molecule has 0 saturated heterocycles. The van der Waals surface area contributed by atoms with Crippen molar-refractivity contribution in [3.8, 4) is 11.4 Å². The van der Waals surface area contributed by atoms with Crippen molar-refractivity contribution >= 4 is 11.7 Å². The quantitative estimate of drug-likeness (QED) is 0.730. The van der Waals surface area contributed by atoms with E-state index >= 15 is 0 Å². The Hall–Kier alpha value is -2.70. The van der Waals surface area contributed by atoms with Crippen LogP contribution in [0, 0.1) is 0 Å². The maximum atomic E-state index is 10.5. The second kappa shape index (κ2) is 4.52. The summed E-state index contributed by atoms with van der Waals surface area (Å²) in [7, 11) is 0. The van der Waals surface area contributed by atoms with Gasteiger partial charge in [0.15, 0.2) is 5.82 Å². The Kier molecular flexibility index (Phi) is 2.71. The third-order valence-electron chi connectivity index (χ3n) is 2.71. The van der Waals surface area contributed by atoms with Gasteiger partial charge >= 0.3 is 5.97 Å². The van der Waals surface area contributed by atoms with Crippen molar-refractivity contribution < 1.29 is 9.90 Å². The molecule has 0 atom stereocenters. The first-order valence-electron chi connectivity index (χ1n) is 5.78. The van der Waals surface area contributed by atoms with E-state index < -0.39 is 5.97 Å². The number of aromatic amines is 1. The highest BCUT2D eigenvalue weighted by Gasteiger charge is 2.09. The molecular weight excluding hydrogens is 246 g/mol. The van der Waals surface area contributed by atoms with Crippen LogP contribution in [0.1, 0.15) is 12.1 Å². The molecular formula is C12H11N5O2. The van der Waals surface area contributed by atoms with Gasteiger partial charge in [0, 0.05) is 24.4 Å². The number of carboxylic acids is 1. The van der Waals surface area contributed by atoms with Crippen LogP contribution in [0.3, 0.4) is 0 Å². The Bertz CT molecular complexity index is 685. The lowest BCUT2D eigenvalue weighted by Gasteiger charge is -1.93. The fourth-order valence-corrected chi connectivity index (χ4v) is 1.81. The van der Waals surface area contributed by atoms with Crippen LogP contribution in [0.15, 0.2) is 30.7 Å². The Morgan fingerprint density at radius 1 is 1.42 bits per heavy atom. The summed E-state index contributed by atoms with van der Waals surface area (Å²) >= 11 is 0. The van der Waals surface area contributed by atoms with Crippen molar-refractivity contribution in [2.45, 2.75) is 12.8 Å². The van der Waals surface area contributed by atoms with Crippen molar-refractivity contribution in [3.63, 3.8) is 0 Å². The number of nitrogens with zero attached hydrogens (tertiary/aromatic N) is 4. The molecule has 0 fully saturated rings. The predicted octanol–water partition coefficient (Wildman–Crippen LogP) is 1.14. The first kappa shape index (κ1) is 11.4. The Balaban J connectivity index is 1.87. The lowest BCUT2D eigenvalue weighted by Crippen LogP contribution is -1.97. The highest BCUT2D eigenvalue weighted by atomic mass is 16.4. The zero-order valence-corrected chi connectivity index (χ0v) is 9.95. The van der Waals surface area contributed by atoms with Gasteiger partial charge in [-0.1, -0.05) is 0 Å². The molecule has 0 bridgehead atoms. The lowest BCUT2D eigenvalue weighted by molar-refractivity contribution is -0.136. The number of imidazole rings is 1. The van der Waals surface area contributed by atoms with Crippen molar-refractivity contribution in [2.24, 2.45) is 0 Å². The molecule has 3 aromatic rings. The lowest BCUT2D eigenvalue weighted by atomic mass is 10.2. The van der Waals surface area contributed by atoms with Gasteiger partial charge in [0.1, 0.15) is 0 Å². The average Bonchev–Trinajstić information content (AvgIpc) is 2.95. The number of H-pyrrole nitrogens is 1. The van der Waals surface area contributed by atoms with Crippen LogP contribution >= 0.6 is 0 Å². The first-order chi connectivity index (χ1) is 9.22. The van der Waals surface area contributed by atoms with Crippen molar-refractivity contribution in [2.75, 3.05) is 0 Å². The molecule has 0 aromatic carbocycles. The molecule has 3 heterocycles. The SMILES string of the molecule is O=C(O)CCc1cn2[nH]c(-c3cccnc3)nc2n1. The summed E-state index contributed by atoms with van der Waals surface area (Å²) in [6, 6.07) is 3.73. The number of aryl methyl sites for hydroxylation is 1. The van der Waals surface area contributed by atoms with E-state index in [-0.39, 0.29) is 6.42 Å². The van der Waals surface area contributed by atoms with Crippen LogP contribution in [-0.4, -0.2) is 35.6 Å². The first-order valence-corrected chi connectivity index (χ1v) is 5.78. The number of hydrogen-bond acceptors (Lipinski definition) is 4.